The number of anilines is 1. The van der Waals surface area contributed by atoms with Crippen LogP contribution >= 0.6 is 11.3 Å². The summed E-state index contributed by atoms with van der Waals surface area (Å²) in [5, 5.41) is 11.5. The minimum Gasteiger partial charge on any atom is -0.390 e. The molecule has 2 aromatic rings. The molecule has 0 spiro atoms. The number of nitrogens with zero attached hydrogens (tertiary/aromatic N) is 3. The smallest absolute Gasteiger partial charge is 0.195 e. The van der Waals surface area contributed by atoms with E-state index in [-0.39, 0.29) is 6.61 Å². The summed E-state index contributed by atoms with van der Waals surface area (Å²) in [6.45, 7) is 2.28. The molecule has 17 heavy (non-hydrogen) atoms. The van der Waals surface area contributed by atoms with Gasteiger partial charge in [-0.1, -0.05) is 0 Å². The summed E-state index contributed by atoms with van der Waals surface area (Å²) >= 11 is 1.60. The number of hydrogen-bond acceptors (Lipinski definition) is 4. The number of rotatable bonds is 4. The maximum absolute atomic E-state index is 9.53. The van der Waals surface area contributed by atoms with Crippen molar-refractivity contribution in [3.8, 4) is 0 Å². The fraction of sp³-hybridized carbons (Fsp3) is 0.583. The molecule has 1 saturated carbocycles. The van der Waals surface area contributed by atoms with Gasteiger partial charge >= 0.3 is 0 Å². The lowest BCUT2D eigenvalue weighted by Crippen LogP contribution is -2.31. The Kier molecular flexibility index (Phi) is 2.60. The third-order valence-corrected chi connectivity index (χ3v) is 4.50. The summed E-state index contributed by atoms with van der Waals surface area (Å²) in [7, 11) is 2.08. The van der Waals surface area contributed by atoms with Crippen molar-refractivity contribution in [1.29, 1.82) is 0 Å². The molecule has 0 aromatic carbocycles. The highest BCUT2D eigenvalue weighted by Gasteiger charge is 2.32. The van der Waals surface area contributed by atoms with Gasteiger partial charge in [-0.3, -0.25) is 4.40 Å². The zero-order valence-corrected chi connectivity index (χ0v) is 10.9. The average molecular weight is 251 g/mol. The minimum atomic E-state index is 0.0367. The molecule has 4 nitrogen and oxygen atoms in total. The molecule has 1 atom stereocenters. The van der Waals surface area contributed by atoms with E-state index in [2.05, 4.69) is 23.9 Å². The van der Waals surface area contributed by atoms with Gasteiger partial charge in [0.25, 0.3) is 0 Å². The Morgan fingerprint density at radius 1 is 1.65 bits per heavy atom. The zero-order chi connectivity index (χ0) is 12.0. The van der Waals surface area contributed by atoms with Crippen molar-refractivity contribution in [3.63, 3.8) is 0 Å². The Bertz CT molecular complexity index is 529. The highest BCUT2D eigenvalue weighted by Crippen LogP contribution is 2.37. The molecule has 5 heteroatoms. The third-order valence-electron chi connectivity index (χ3n) is 3.74. The maximum atomic E-state index is 9.53. The second-order valence-electron chi connectivity index (χ2n) is 4.78. The molecule has 0 saturated heterocycles. The standard InChI is InChI=1S/C12H17N3OS/c1-8(9-3-4-9)14(2)11-10(7-16)15-5-6-17-12(15)13-11/h5-6,8-9,16H,3-4,7H2,1-2H3. The van der Waals surface area contributed by atoms with E-state index in [0.717, 1.165) is 22.4 Å². The van der Waals surface area contributed by atoms with E-state index in [1.54, 1.807) is 11.3 Å². The van der Waals surface area contributed by atoms with Gasteiger partial charge in [-0.05, 0) is 25.7 Å². The number of aliphatic hydroxyl groups excluding tert-OH is 1. The van der Waals surface area contributed by atoms with Gasteiger partial charge in [0.1, 0.15) is 0 Å². The Labute approximate surface area is 105 Å². The SMILES string of the molecule is CC(C1CC1)N(C)c1nc2sccn2c1CO. The molecule has 0 aliphatic heterocycles. The van der Waals surface area contributed by atoms with Gasteiger partial charge in [0.05, 0.1) is 12.3 Å². The molecule has 92 valence electrons. The normalized spacial score (nSPS) is 17.6. The van der Waals surface area contributed by atoms with Gasteiger partial charge in [-0.15, -0.1) is 11.3 Å². The second kappa shape index (κ2) is 3.99. The van der Waals surface area contributed by atoms with Crippen LogP contribution in [0.3, 0.4) is 0 Å². The molecule has 1 aliphatic rings. The molecule has 3 rings (SSSR count). The highest BCUT2D eigenvalue weighted by molar-refractivity contribution is 7.15. The van der Waals surface area contributed by atoms with E-state index in [1.165, 1.54) is 12.8 Å². The van der Waals surface area contributed by atoms with Gasteiger partial charge in [-0.2, -0.15) is 0 Å². The van der Waals surface area contributed by atoms with Crippen LogP contribution in [0.2, 0.25) is 0 Å². The summed E-state index contributed by atoms with van der Waals surface area (Å²) in [5.74, 6) is 1.73. The van der Waals surface area contributed by atoms with E-state index in [9.17, 15) is 5.11 Å². The van der Waals surface area contributed by atoms with Crippen LogP contribution < -0.4 is 4.90 Å². The van der Waals surface area contributed by atoms with Crippen LogP contribution in [-0.2, 0) is 6.61 Å². The Balaban J connectivity index is 1.99. The van der Waals surface area contributed by atoms with Gasteiger partial charge in [-0.25, -0.2) is 4.98 Å². The summed E-state index contributed by atoms with van der Waals surface area (Å²) in [6, 6.07) is 0.505. The van der Waals surface area contributed by atoms with Crippen molar-refractivity contribution in [1.82, 2.24) is 9.38 Å². The molecular formula is C12H17N3OS. The lowest BCUT2D eigenvalue weighted by atomic mass is 10.2. The van der Waals surface area contributed by atoms with Crippen LogP contribution in [0.1, 0.15) is 25.5 Å². The van der Waals surface area contributed by atoms with Crippen LogP contribution in [0.25, 0.3) is 4.96 Å². The van der Waals surface area contributed by atoms with Crippen molar-refractivity contribution < 1.29 is 5.11 Å². The van der Waals surface area contributed by atoms with Crippen LogP contribution in [0, 0.1) is 5.92 Å². The molecule has 0 amide bonds. The van der Waals surface area contributed by atoms with Crippen molar-refractivity contribution in [3.05, 3.63) is 17.3 Å². The quantitative estimate of drug-likeness (QED) is 0.905. The number of thiazole rings is 1. The predicted molar refractivity (Wildman–Crippen MR) is 69.6 cm³/mol. The molecule has 0 bridgehead atoms. The van der Waals surface area contributed by atoms with Crippen LogP contribution in [0.5, 0.6) is 0 Å². The first-order chi connectivity index (χ1) is 8.22. The first kappa shape index (κ1) is 11.0. The topological polar surface area (TPSA) is 40.8 Å². The summed E-state index contributed by atoms with van der Waals surface area (Å²) < 4.78 is 1.98. The van der Waals surface area contributed by atoms with Crippen molar-refractivity contribution >= 4 is 22.1 Å². The number of aromatic nitrogens is 2. The van der Waals surface area contributed by atoms with Crippen molar-refractivity contribution in [2.75, 3.05) is 11.9 Å². The highest BCUT2D eigenvalue weighted by atomic mass is 32.1. The third kappa shape index (κ3) is 1.73. The van der Waals surface area contributed by atoms with Crippen molar-refractivity contribution in [2.24, 2.45) is 5.92 Å². The van der Waals surface area contributed by atoms with Gasteiger partial charge in [0.15, 0.2) is 10.8 Å². The number of hydrogen-bond donors (Lipinski definition) is 1. The Morgan fingerprint density at radius 3 is 3.06 bits per heavy atom. The van der Waals surface area contributed by atoms with Gasteiger partial charge in [0.2, 0.25) is 0 Å². The lowest BCUT2D eigenvalue weighted by molar-refractivity contribution is 0.276. The molecule has 1 fully saturated rings. The zero-order valence-electron chi connectivity index (χ0n) is 10.1. The molecule has 1 N–H and O–H groups in total. The molecule has 0 radical (unpaired) electrons. The number of fused-ring (bicyclic) bond motifs is 1. The first-order valence-corrected chi connectivity index (χ1v) is 6.88. The average Bonchev–Trinajstić information content (AvgIpc) is 2.97. The van der Waals surface area contributed by atoms with Crippen molar-refractivity contribution in [2.45, 2.75) is 32.4 Å². The van der Waals surface area contributed by atoms with Crippen LogP contribution in [0.4, 0.5) is 5.82 Å². The fourth-order valence-corrected chi connectivity index (χ4v) is 3.07. The fourth-order valence-electron chi connectivity index (χ4n) is 2.34. The molecule has 1 unspecified atom stereocenters. The van der Waals surface area contributed by atoms with Gasteiger partial charge in [0, 0.05) is 24.7 Å². The number of aliphatic hydroxyl groups is 1. The number of imidazole rings is 1. The van der Waals surface area contributed by atoms with E-state index < -0.39 is 0 Å². The van der Waals surface area contributed by atoms with E-state index >= 15 is 0 Å². The lowest BCUT2D eigenvalue weighted by Gasteiger charge is -2.25. The second-order valence-corrected chi connectivity index (χ2v) is 5.66. The van der Waals surface area contributed by atoms with Gasteiger partial charge < -0.3 is 10.0 Å². The molecule has 2 heterocycles. The van der Waals surface area contributed by atoms with E-state index in [0.29, 0.717) is 6.04 Å². The summed E-state index contributed by atoms with van der Waals surface area (Å²) in [5.41, 5.74) is 0.899. The van der Waals surface area contributed by atoms with Crippen LogP contribution in [0.15, 0.2) is 11.6 Å². The predicted octanol–water partition coefficient (Wildman–Crippen LogP) is 2.12. The van der Waals surface area contributed by atoms with E-state index in [4.69, 9.17) is 0 Å². The molecular weight excluding hydrogens is 234 g/mol. The summed E-state index contributed by atoms with van der Waals surface area (Å²) in [4.78, 5) is 7.79. The Hall–Kier alpha value is -1.07. The minimum absolute atomic E-state index is 0.0367. The first-order valence-electron chi connectivity index (χ1n) is 6.00. The maximum Gasteiger partial charge on any atom is 0.195 e. The van der Waals surface area contributed by atoms with Crippen LogP contribution in [-0.4, -0.2) is 27.6 Å². The van der Waals surface area contributed by atoms with E-state index in [1.807, 2.05) is 16.0 Å². The molecule has 1 aliphatic carbocycles. The summed E-state index contributed by atoms with van der Waals surface area (Å²) in [6.07, 6.45) is 4.61. The molecule has 2 aromatic heterocycles. The monoisotopic (exact) mass is 251 g/mol. The largest absolute Gasteiger partial charge is 0.390 e. The Morgan fingerprint density at radius 2 is 2.41 bits per heavy atom.